The van der Waals surface area contributed by atoms with Gasteiger partial charge in [0.2, 0.25) is 0 Å². The molecule has 30 heavy (non-hydrogen) atoms. The van der Waals surface area contributed by atoms with Crippen molar-refractivity contribution in [2.24, 2.45) is 0 Å². The Kier molecular flexibility index (Phi) is 5.61. The minimum atomic E-state index is -0.199. The molecule has 0 atom stereocenters. The number of para-hydroxylation sites is 1. The van der Waals surface area contributed by atoms with Crippen molar-refractivity contribution in [1.29, 1.82) is 0 Å². The first-order valence-corrected chi connectivity index (χ1v) is 9.27. The van der Waals surface area contributed by atoms with Gasteiger partial charge < -0.3 is 15.4 Å². The van der Waals surface area contributed by atoms with Crippen LogP contribution in [0.2, 0.25) is 0 Å². The molecule has 2 aromatic heterocycles. The summed E-state index contributed by atoms with van der Waals surface area (Å²) in [4.78, 5) is 25.0. The van der Waals surface area contributed by atoms with Crippen LogP contribution in [0.1, 0.15) is 10.4 Å². The highest BCUT2D eigenvalue weighted by Gasteiger charge is 2.09. The highest BCUT2D eigenvalue weighted by molar-refractivity contribution is 6.04. The Bertz CT molecular complexity index is 1150. The number of nitrogens with one attached hydrogen (secondary N) is 2. The molecule has 0 unspecified atom stereocenters. The number of anilines is 3. The van der Waals surface area contributed by atoms with Gasteiger partial charge in [-0.2, -0.15) is 0 Å². The molecule has 0 radical (unpaired) electrons. The number of benzene rings is 2. The maximum absolute atomic E-state index is 12.4. The van der Waals surface area contributed by atoms with Gasteiger partial charge in [-0.1, -0.05) is 12.1 Å². The zero-order valence-electron chi connectivity index (χ0n) is 16.2. The van der Waals surface area contributed by atoms with Crippen LogP contribution in [0, 0.1) is 0 Å². The number of rotatable bonds is 6. The minimum Gasteiger partial charge on any atom is -0.496 e. The van der Waals surface area contributed by atoms with Crippen LogP contribution in [-0.4, -0.2) is 28.0 Å². The second kappa shape index (κ2) is 8.83. The van der Waals surface area contributed by atoms with E-state index in [1.807, 2.05) is 42.5 Å². The third-order valence-electron chi connectivity index (χ3n) is 4.39. The highest BCUT2D eigenvalue weighted by Crippen LogP contribution is 2.29. The number of hydrogen-bond donors (Lipinski definition) is 2. The van der Waals surface area contributed by atoms with Gasteiger partial charge in [0.25, 0.3) is 5.91 Å². The van der Waals surface area contributed by atoms with E-state index in [0.717, 1.165) is 22.7 Å². The van der Waals surface area contributed by atoms with E-state index in [9.17, 15) is 4.79 Å². The maximum atomic E-state index is 12.4. The monoisotopic (exact) mass is 397 g/mol. The molecular formula is C23H19N5O2. The van der Waals surface area contributed by atoms with Gasteiger partial charge in [0.15, 0.2) is 0 Å². The smallest absolute Gasteiger partial charge is 0.255 e. The third-order valence-corrected chi connectivity index (χ3v) is 4.39. The molecule has 7 heteroatoms. The molecule has 0 fully saturated rings. The van der Waals surface area contributed by atoms with Crippen molar-refractivity contribution in [3.63, 3.8) is 0 Å². The lowest BCUT2D eigenvalue weighted by Crippen LogP contribution is -2.11. The molecule has 4 rings (SSSR count). The normalized spacial score (nSPS) is 10.3. The van der Waals surface area contributed by atoms with Crippen molar-refractivity contribution < 1.29 is 9.53 Å². The van der Waals surface area contributed by atoms with Crippen LogP contribution in [0.5, 0.6) is 5.75 Å². The largest absolute Gasteiger partial charge is 0.496 e. The van der Waals surface area contributed by atoms with Gasteiger partial charge in [-0.15, -0.1) is 0 Å². The summed E-state index contributed by atoms with van der Waals surface area (Å²) >= 11 is 0. The molecule has 1 amide bonds. The van der Waals surface area contributed by atoms with E-state index in [-0.39, 0.29) is 5.91 Å². The summed E-state index contributed by atoms with van der Waals surface area (Å²) in [5.74, 6) is 1.18. The van der Waals surface area contributed by atoms with E-state index in [1.54, 1.807) is 43.8 Å². The molecule has 0 spiro atoms. The summed E-state index contributed by atoms with van der Waals surface area (Å²) in [5, 5.41) is 6.04. The lowest BCUT2D eigenvalue weighted by Gasteiger charge is -2.10. The lowest BCUT2D eigenvalue weighted by atomic mass is 10.1. The summed E-state index contributed by atoms with van der Waals surface area (Å²) in [6, 6.07) is 20.2. The fourth-order valence-corrected chi connectivity index (χ4v) is 2.92. The minimum absolute atomic E-state index is 0.199. The van der Waals surface area contributed by atoms with Crippen LogP contribution in [0.15, 0.2) is 85.5 Å². The number of hydrogen-bond acceptors (Lipinski definition) is 6. The van der Waals surface area contributed by atoms with E-state index in [1.165, 1.54) is 6.33 Å². The Morgan fingerprint density at radius 3 is 2.53 bits per heavy atom. The summed E-state index contributed by atoms with van der Waals surface area (Å²) < 4.78 is 5.41. The van der Waals surface area contributed by atoms with E-state index in [4.69, 9.17) is 4.74 Å². The molecule has 0 aliphatic rings. The maximum Gasteiger partial charge on any atom is 0.255 e. The Labute approximate surface area is 173 Å². The topological polar surface area (TPSA) is 89.0 Å². The molecule has 2 heterocycles. The Hall–Kier alpha value is -4.26. The Balaban J connectivity index is 1.48. The summed E-state index contributed by atoms with van der Waals surface area (Å²) in [5.41, 5.74) is 3.62. The van der Waals surface area contributed by atoms with Crippen LogP contribution in [0.25, 0.3) is 11.3 Å². The summed E-state index contributed by atoms with van der Waals surface area (Å²) in [6.45, 7) is 0. The number of aromatic nitrogens is 3. The molecule has 0 bridgehead atoms. The number of nitrogens with zero attached hydrogens (tertiary/aromatic N) is 3. The van der Waals surface area contributed by atoms with Crippen LogP contribution < -0.4 is 15.4 Å². The Morgan fingerprint density at radius 1 is 0.933 bits per heavy atom. The number of pyridine rings is 1. The molecular weight excluding hydrogens is 378 g/mol. The average Bonchev–Trinajstić information content (AvgIpc) is 2.80. The van der Waals surface area contributed by atoms with Crippen LogP contribution in [0.3, 0.4) is 0 Å². The van der Waals surface area contributed by atoms with Crippen molar-refractivity contribution in [3.05, 3.63) is 91.0 Å². The molecule has 0 aliphatic heterocycles. The van der Waals surface area contributed by atoms with Gasteiger partial charge in [-0.25, -0.2) is 9.97 Å². The quantitative estimate of drug-likeness (QED) is 0.496. The first-order valence-electron chi connectivity index (χ1n) is 9.27. The molecule has 148 valence electrons. The standard InChI is InChI=1S/C23H19N5O2/c1-30-21-7-3-2-6-19(21)20-13-22(26-15-25-20)27-17-10-8-16(9-11-17)23(29)28-18-5-4-12-24-14-18/h2-15H,1H3,(H,28,29)(H,25,26,27). The van der Waals surface area contributed by atoms with Crippen LogP contribution >= 0.6 is 0 Å². The first kappa shape index (κ1) is 19.1. The average molecular weight is 397 g/mol. The molecule has 4 aromatic rings. The van der Waals surface area contributed by atoms with Crippen molar-refractivity contribution in [3.8, 4) is 17.0 Å². The van der Waals surface area contributed by atoms with E-state index in [2.05, 4.69) is 25.6 Å². The number of amides is 1. The van der Waals surface area contributed by atoms with Gasteiger partial charge in [0.1, 0.15) is 17.9 Å². The van der Waals surface area contributed by atoms with Gasteiger partial charge in [0.05, 0.1) is 24.7 Å². The third kappa shape index (κ3) is 4.41. The van der Waals surface area contributed by atoms with Gasteiger partial charge in [0, 0.05) is 29.1 Å². The van der Waals surface area contributed by atoms with Crippen LogP contribution in [-0.2, 0) is 0 Å². The zero-order valence-corrected chi connectivity index (χ0v) is 16.2. The molecule has 0 aliphatic carbocycles. The fraction of sp³-hybridized carbons (Fsp3) is 0.0435. The number of carbonyl (C=O) groups excluding carboxylic acids is 1. The first-order chi connectivity index (χ1) is 14.7. The summed E-state index contributed by atoms with van der Waals surface area (Å²) in [7, 11) is 1.63. The second-order valence-electron chi connectivity index (χ2n) is 6.39. The van der Waals surface area contributed by atoms with Gasteiger partial charge >= 0.3 is 0 Å². The highest BCUT2D eigenvalue weighted by atomic mass is 16.5. The molecule has 7 nitrogen and oxygen atoms in total. The van der Waals surface area contributed by atoms with Crippen molar-refractivity contribution in [2.45, 2.75) is 0 Å². The van der Waals surface area contributed by atoms with Gasteiger partial charge in [-0.05, 0) is 48.5 Å². The SMILES string of the molecule is COc1ccccc1-c1cc(Nc2ccc(C(=O)Nc3cccnc3)cc2)ncn1. The van der Waals surface area contributed by atoms with E-state index < -0.39 is 0 Å². The molecule has 2 N–H and O–H groups in total. The zero-order chi connectivity index (χ0) is 20.8. The molecule has 2 aromatic carbocycles. The Morgan fingerprint density at radius 2 is 1.77 bits per heavy atom. The number of methoxy groups -OCH3 is 1. The van der Waals surface area contributed by atoms with Crippen molar-refractivity contribution >= 4 is 23.1 Å². The fourth-order valence-electron chi connectivity index (χ4n) is 2.92. The van der Waals surface area contributed by atoms with Crippen LogP contribution in [0.4, 0.5) is 17.2 Å². The second-order valence-corrected chi connectivity index (χ2v) is 6.39. The van der Waals surface area contributed by atoms with Crippen molar-refractivity contribution in [1.82, 2.24) is 15.0 Å². The van der Waals surface area contributed by atoms with E-state index in [0.29, 0.717) is 17.1 Å². The van der Waals surface area contributed by atoms with Crippen molar-refractivity contribution in [2.75, 3.05) is 17.7 Å². The molecule has 0 saturated heterocycles. The number of ether oxygens (including phenoxy) is 1. The summed E-state index contributed by atoms with van der Waals surface area (Å²) in [6.07, 6.45) is 4.75. The predicted molar refractivity (Wildman–Crippen MR) is 116 cm³/mol. The lowest BCUT2D eigenvalue weighted by molar-refractivity contribution is 0.102. The number of carbonyl (C=O) groups is 1. The van der Waals surface area contributed by atoms with Gasteiger partial charge in [-0.3, -0.25) is 9.78 Å². The predicted octanol–water partition coefficient (Wildman–Crippen LogP) is 4.54. The van der Waals surface area contributed by atoms with E-state index >= 15 is 0 Å². The molecule has 0 saturated carbocycles.